The molecule has 118 valence electrons. The van der Waals surface area contributed by atoms with E-state index in [2.05, 4.69) is 10.9 Å². The molecule has 1 N–H and O–H groups in total. The number of carbonyl (C=O) groups is 1. The summed E-state index contributed by atoms with van der Waals surface area (Å²) >= 11 is 0. The number of nitrogens with zero attached hydrogens (tertiary/aromatic N) is 2. The molecule has 0 bridgehead atoms. The lowest BCUT2D eigenvalue weighted by atomic mass is 9.75. The molecule has 1 amide bonds. The molecule has 1 aliphatic carbocycles. The van der Waals surface area contributed by atoms with Crippen molar-refractivity contribution in [2.45, 2.75) is 44.3 Å². The Morgan fingerprint density at radius 1 is 1.55 bits per heavy atom. The van der Waals surface area contributed by atoms with Crippen LogP contribution in [0.2, 0.25) is 0 Å². The van der Waals surface area contributed by atoms with Gasteiger partial charge < -0.3 is 10.0 Å². The van der Waals surface area contributed by atoms with Crippen molar-refractivity contribution in [3.05, 3.63) is 29.6 Å². The van der Waals surface area contributed by atoms with Gasteiger partial charge in [-0.05, 0) is 38.3 Å². The molecule has 6 heteroatoms. The third-order valence-corrected chi connectivity index (χ3v) is 3.90. The Hall–Kier alpha value is -2.00. The minimum atomic E-state index is -3.84. The summed E-state index contributed by atoms with van der Waals surface area (Å²) in [4.78, 5) is 17.2. The third kappa shape index (κ3) is 2.95. The normalized spacial score (nSPS) is 16.5. The lowest BCUT2D eigenvalue weighted by Crippen LogP contribution is -2.61. The van der Waals surface area contributed by atoms with Crippen molar-refractivity contribution in [2.75, 3.05) is 6.54 Å². The zero-order valence-corrected chi connectivity index (χ0v) is 12.4. The molecule has 0 aromatic carbocycles. The van der Waals surface area contributed by atoms with Gasteiger partial charge >= 0.3 is 5.92 Å². The molecule has 1 heterocycles. The number of aliphatic hydroxyl groups is 1. The number of alkyl halides is 2. The molecule has 4 nitrogen and oxygen atoms in total. The highest BCUT2D eigenvalue weighted by atomic mass is 19.3. The highest BCUT2D eigenvalue weighted by Crippen LogP contribution is 2.45. The van der Waals surface area contributed by atoms with Gasteiger partial charge in [0.25, 0.3) is 5.91 Å². The lowest BCUT2D eigenvalue weighted by molar-refractivity contribution is -0.223. The number of halogens is 2. The fraction of sp³-hybridized carbons (Fsp3) is 0.500. The van der Waals surface area contributed by atoms with E-state index in [9.17, 15) is 18.7 Å². The Morgan fingerprint density at radius 3 is 2.73 bits per heavy atom. The molecular weight excluding hydrogens is 290 g/mol. The second-order valence-electron chi connectivity index (χ2n) is 5.60. The maximum atomic E-state index is 14.3. The lowest BCUT2D eigenvalue weighted by Gasteiger charge is -2.42. The molecule has 1 aromatic heterocycles. The minimum absolute atomic E-state index is 0.0850. The van der Waals surface area contributed by atoms with Crippen molar-refractivity contribution in [3.8, 4) is 12.3 Å². The van der Waals surface area contributed by atoms with Gasteiger partial charge in [0.2, 0.25) is 0 Å². The predicted octanol–water partition coefficient (Wildman–Crippen LogP) is 1.90. The van der Waals surface area contributed by atoms with Gasteiger partial charge in [0.05, 0.1) is 18.8 Å². The van der Waals surface area contributed by atoms with Gasteiger partial charge in [0, 0.05) is 5.69 Å². The first-order valence-corrected chi connectivity index (χ1v) is 7.06. The van der Waals surface area contributed by atoms with E-state index in [4.69, 9.17) is 6.42 Å². The molecular formula is C16H18F2N2O2. The number of carbonyl (C=O) groups excluding carboxylic acids is 1. The molecule has 1 aliphatic rings. The molecule has 1 saturated carbocycles. The number of hydrogen-bond acceptors (Lipinski definition) is 3. The number of hydrogen-bond donors (Lipinski definition) is 1. The Balaban J connectivity index is 2.20. The van der Waals surface area contributed by atoms with Gasteiger partial charge in [-0.15, -0.1) is 6.42 Å². The molecule has 1 aromatic rings. The van der Waals surface area contributed by atoms with E-state index in [0.29, 0.717) is 12.1 Å². The first-order chi connectivity index (χ1) is 10.3. The van der Waals surface area contributed by atoms with Crippen molar-refractivity contribution in [1.29, 1.82) is 0 Å². The number of rotatable bonds is 5. The highest BCUT2D eigenvalue weighted by Gasteiger charge is 2.62. The molecule has 2 rings (SSSR count). The van der Waals surface area contributed by atoms with Crippen LogP contribution >= 0.6 is 0 Å². The fourth-order valence-corrected chi connectivity index (χ4v) is 2.42. The molecule has 0 aliphatic heterocycles. The molecule has 0 saturated heterocycles. The average Bonchev–Trinajstić information content (AvgIpc) is 2.43. The van der Waals surface area contributed by atoms with E-state index in [1.807, 2.05) is 0 Å². The zero-order valence-electron chi connectivity index (χ0n) is 12.4. The number of aryl methyl sites for hydroxylation is 1. The standard InChI is InChI=1S/C16H18F2N2O2/c1-3-10-20(11-13-7-4-6-12(2)19-13)14(21)16(17,18)15(22)8-5-9-15/h1,4,6-7,22H,5,8-11H2,2H3. The van der Waals surface area contributed by atoms with Crippen LogP contribution in [0.4, 0.5) is 8.78 Å². The first kappa shape index (κ1) is 16.4. The van der Waals surface area contributed by atoms with E-state index < -0.39 is 17.4 Å². The second-order valence-corrected chi connectivity index (χ2v) is 5.60. The average molecular weight is 308 g/mol. The van der Waals surface area contributed by atoms with Crippen LogP contribution < -0.4 is 0 Å². The summed E-state index contributed by atoms with van der Waals surface area (Å²) in [5.74, 6) is -3.08. The SMILES string of the molecule is C#CCN(Cc1cccc(C)n1)C(=O)C(F)(F)C1(O)CCC1. The quantitative estimate of drug-likeness (QED) is 0.845. The van der Waals surface area contributed by atoms with Crippen molar-refractivity contribution < 1.29 is 18.7 Å². The summed E-state index contributed by atoms with van der Waals surface area (Å²) in [5.41, 5.74) is -1.06. The second kappa shape index (κ2) is 6.01. The van der Waals surface area contributed by atoms with Crippen LogP contribution in [-0.4, -0.2) is 39.0 Å². The highest BCUT2D eigenvalue weighted by molar-refractivity contribution is 5.85. The van der Waals surface area contributed by atoms with Crippen LogP contribution in [0.5, 0.6) is 0 Å². The van der Waals surface area contributed by atoms with Crippen LogP contribution in [0, 0.1) is 19.3 Å². The number of amides is 1. The van der Waals surface area contributed by atoms with Gasteiger partial charge in [-0.2, -0.15) is 8.78 Å². The molecule has 0 radical (unpaired) electrons. The van der Waals surface area contributed by atoms with Crippen LogP contribution in [-0.2, 0) is 11.3 Å². The summed E-state index contributed by atoms with van der Waals surface area (Å²) in [7, 11) is 0. The van der Waals surface area contributed by atoms with Gasteiger partial charge in [0.15, 0.2) is 0 Å². The van der Waals surface area contributed by atoms with E-state index in [1.165, 1.54) is 0 Å². The van der Waals surface area contributed by atoms with Crippen molar-refractivity contribution >= 4 is 5.91 Å². The number of terminal acetylenes is 1. The first-order valence-electron chi connectivity index (χ1n) is 7.06. The maximum absolute atomic E-state index is 14.3. The van der Waals surface area contributed by atoms with Gasteiger partial charge in [-0.25, -0.2) is 0 Å². The monoisotopic (exact) mass is 308 g/mol. The summed E-state index contributed by atoms with van der Waals surface area (Å²) in [6.07, 6.45) is 5.49. The van der Waals surface area contributed by atoms with E-state index >= 15 is 0 Å². The van der Waals surface area contributed by atoms with Gasteiger partial charge in [-0.3, -0.25) is 9.78 Å². The number of aromatic nitrogens is 1. The van der Waals surface area contributed by atoms with Crippen LogP contribution in [0.1, 0.15) is 30.7 Å². The van der Waals surface area contributed by atoms with Gasteiger partial charge in [0.1, 0.15) is 5.60 Å². The van der Waals surface area contributed by atoms with E-state index in [-0.39, 0.29) is 25.9 Å². The van der Waals surface area contributed by atoms with E-state index in [1.54, 1.807) is 25.1 Å². The third-order valence-electron chi connectivity index (χ3n) is 3.90. The Labute approximate surface area is 128 Å². The van der Waals surface area contributed by atoms with Crippen molar-refractivity contribution in [2.24, 2.45) is 0 Å². The van der Waals surface area contributed by atoms with Gasteiger partial charge in [-0.1, -0.05) is 12.0 Å². The molecule has 22 heavy (non-hydrogen) atoms. The predicted molar refractivity (Wildman–Crippen MR) is 77.0 cm³/mol. The smallest absolute Gasteiger partial charge is 0.352 e. The van der Waals surface area contributed by atoms with E-state index in [0.717, 1.165) is 10.6 Å². The Kier molecular flexibility index (Phi) is 4.47. The Morgan fingerprint density at radius 2 is 2.23 bits per heavy atom. The van der Waals surface area contributed by atoms with Crippen molar-refractivity contribution in [3.63, 3.8) is 0 Å². The summed E-state index contributed by atoms with van der Waals surface area (Å²) in [5, 5.41) is 9.87. The fourth-order valence-electron chi connectivity index (χ4n) is 2.42. The molecule has 0 unspecified atom stereocenters. The Bertz CT molecular complexity index is 606. The summed E-state index contributed by atoms with van der Waals surface area (Å²) in [6, 6.07) is 5.14. The summed E-state index contributed by atoms with van der Waals surface area (Å²) in [6.45, 7) is 1.39. The number of pyridine rings is 1. The van der Waals surface area contributed by atoms with Crippen molar-refractivity contribution in [1.82, 2.24) is 9.88 Å². The topological polar surface area (TPSA) is 53.4 Å². The van der Waals surface area contributed by atoms with Crippen LogP contribution in [0.15, 0.2) is 18.2 Å². The van der Waals surface area contributed by atoms with Crippen LogP contribution in [0.25, 0.3) is 0 Å². The largest absolute Gasteiger partial charge is 0.383 e. The minimum Gasteiger partial charge on any atom is -0.383 e. The zero-order chi connectivity index (χ0) is 16.4. The summed E-state index contributed by atoms with van der Waals surface area (Å²) < 4.78 is 28.5. The maximum Gasteiger partial charge on any atom is 0.352 e. The molecule has 0 spiro atoms. The van der Waals surface area contributed by atoms with Crippen LogP contribution in [0.3, 0.4) is 0 Å². The molecule has 1 fully saturated rings. The molecule has 0 atom stereocenters.